The molecule has 0 saturated heterocycles. The lowest BCUT2D eigenvalue weighted by Gasteiger charge is -2.37. The molecular formula is C21H25ClN2O2S. The van der Waals surface area contributed by atoms with Crippen molar-refractivity contribution >= 4 is 34.8 Å². The van der Waals surface area contributed by atoms with Crippen LogP contribution in [0.2, 0.25) is 0 Å². The number of thiophene rings is 1. The highest BCUT2D eigenvalue weighted by atomic mass is 35.5. The van der Waals surface area contributed by atoms with Crippen LogP contribution in [0.1, 0.15) is 42.3 Å². The van der Waals surface area contributed by atoms with E-state index in [4.69, 9.17) is 11.6 Å². The highest BCUT2D eigenvalue weighted by Gasteiger charge is 2.34. The van der Waals surface area contributed by atoms with Gasteiger partial charge in [0.25, 0.3) is 0 Å². The minimum Gasteiger partial charge on any atom is -0.332 e. The number of benzene rings is 1. The molecule has 2 aromatic rings. The predicted molar refractivity (Wildman–Crippen MR) is 110 cm³/mol. The number of carbonyl (C=O) groups is 2. The second-order valence-electron chi connectivity index (χ2n) is 6.83. The number of carbonyl (C=O) groups excluding carboxylic acids is 2. The second kappa shape index (κ2) is 8.89. The van der Waals surface area contributed by atoms with Gasteiger partial charge in [0.2, 0.25) is 11.8 Å². The molecule has 0 saturated carbocycles. The zero-order valence-electron chi connectivity index (χ0n) is 15.7. The Labute approximate surface area is 169 Å². The molecule has 1 aromatic carbocycles. The van der Waals surface area contributed by atoms with Crippen molar-refractivity contribution < 1.29 is 9.59 Å². The summed E-state index contributed by atoms with van der Waals surface area (Å²) in [5.41, 5.74) is 2.30. The first-order chi connectivity index (χ1) is 13.0. The van der Waals surface area contributed by atoms with Gasteiger partial charge in [-0.05, 0) is 42.3 Å². The summed E-state index contributed by atoms with van der Waals surface area (Å²) in [4.78, 5) is 30.4. The first-order valence-corrected chi connectivity index (χ1v) is 10.7. The van der Waals surface area contributed by atoms with Gasteiger partial charge in [-0.3, -0.25) is 9.59 Å². The normalized spacial score (nSPS) is 17.3. The molecule has 2 atom stereocenters. The Balaban J connectivity index is 1.87. The van der Waals surface area contributed by atoms with Crippen LogP contribution in [0.3, 0.4) is 0 Å². The van der Waals surface area contributed by atoms with E-state index < -0.39 is 5.38 Å². The number of fused-ring (bicyclic) bond motifs is 1. The lowest BCUT2D eigenvalue weighted by Crippen LogP contribution is -2.48. The average molecular weight is 405 g/mol. The van der Waals surface area contributed by atoms with Gasteiger partial charge >= 0.3 is 0 Å². The summed E-state index contributed by atoms with van der Waals surface area (Å²) in [5.74, 6) is -0.212. The molecule has 0 radical (unpaired) electrons. The van der Waals surface area contributed by atoms with E-state index in [1.165, 1.54) is 10.4 Å². The summed E-state index contributed by atoms with van der Waals surface area (Å²) < 4.78 is 0. The van der Waals surface area contributed by atoms with Crippen molar-refractivity contribution in [2.24, 2.45) is 0 Å². The van der Waals surface area contributed by atoms with E-state index >= 15 is 0 Å². The molecule has 2 heterocycles. The van der Waals surface area contributed by atoms with E-state index in [1.807, 2.05) is 30.0 Å². The third-order valence-electron chi connectivity index (χ3n) is 4.87. The Morgan fingerprint density at radius 1 is 1.30 bits per heavy atom. The van der Waals surface area contributed by atoms with Gasteiger partial charge in [0, 0.05) is 18.0 Å². The molecule has 0 fully saturated rings. The molecule has 4 nitrogen and oxygen atoms in total. The molecule has 1 aliphatic heterocycles. The van der Waals surface area contributed by atoms with Crippen LogP contribution in [0.15, 0.2) is 41.8 Å². The number of hydrogen-bond acceptors (Lipinski definition) is 3. The van der Waals surface area contributed by atoms with Gasteiger partial charge < -0.3 is 9.80 Å². The van der Waals surface area contributed by atoms with E-state index in [0.29, 0.717) is 13.1 Å². The number of halogens is 1. The van der Waals surface area contributed by atoms with Crippen molar-refractivity contribution in [2.45, 2.75) is 38.1 Å². The number of alkyl halides is 1. The zero-order chi connectivity index (χ0) is 19.4. The van der Waals surface area contributed by atoms with Gasteiger partial charge in [0.1, 0.15) is 5.38 Å². The minimum absolute atomic E-state index is 0.0279. The van der Waals surface area contributed by atoms with Crippen LogP contribution in [0, 0.1) is 0 Å². The van der Waals surface area contributed by atoms with Crippen LogP contribution in [-0.4, -0.2) is 46.6 Å². The smallest absolute Gasteiger partial charge is 0.242 e. The summed E-state index contributed by atoms with van der Waals surface area (Å²) in [6.07, 6.45) is 1.65. The molecule has 1 aromatic heterocycles. The molecule has 0 unspecified atom stereocenters. The highest BCUT2D eigenvalue weighted by Crippen LogP contribution is 2.37. The Morgan fingerprint density at radius 3 is 2.70 bits per heavy atom. The fourth-order valence-corrected chi connectivity index (χ4v) is 4.66. The summed E-state index contributed by atoms with van der Waals surface area (Å²) in [7, 11) is 0. The molecule has 6 heteroatoms. The fourth-order valence-electron chi connectivity index (χ4n) is 3.62. The molecule has 144 valence electrons. The maximum Gasteiger partial charge on any atom is 0.242 e. The standard InChI is InChI=1S/C21H25ClN2O2S/c1-3-11-23(21(26)15(2)22)14-19(25)24-12-9-18-17(10-13-27-18)20(24)16-7-5-4-6-8-16/h4-8,10,13,15,20H,3,9,11-12,14H2,1-2H3/t15-,20-/m0/s1. The molecule has 0 N–H and O–H groups in total. The molecule has 1 aliphatic rings. The van der Waals surface area contributed by atoms with Crippen LogP contribution >= 0.6 is 22.9 Å². The fraction of sp³-hybridized carbons (Fsp3) is 0.429. The van der Waals surface area contributed by atoms with Crippen LogP contribution in [0.4, 0.5) is 0 Å². The average Bonchev–Trinajstić information content (AvgIpc) is 3.15. The maximum atomic E-state index is 13.2. The zero-order valence-corrected chi connectivity index (χ0v) is 17.3. The number of hydrogen-bond donors (Lipinski definition) is 0. The monoisotopic (exact) mass is 404 g/mol. The lowest BCUT2D eigenvalue weighted by molar-refractivity contribution is -0.141. The van der Waals surface area contributed by atoms with Crippen molar-refractivity contribution in [3.8, 4) is 0 Å². The van der Waals surface area contributed by atoms with Gasteiger partial charge in [-0.25, -0.2) is 0 Å². The van der Waals surface area contributed by atoms with Crippen LogP contribution < -0.4 is 0 Å². The lowest BCUT2D eigenvalue weighted by atomic mass is 9.93. The first-order valence-electron chi connectivity index (χ1n) is 9.36. The van der Waals surface area contributed by atoms with Crippen molar-refractivity contribution in [3.05, 3.63) is 57.8 Å². The van der Waals surface area contributed by atoms with Crippen molar-refractivity contribution in [2.75, 3.05) is 19.6 Å². The van der Waals surface area contributed by atoms with Gasteiger partial charge in [-0.15, -0.1) is 22.9 Å². The third-order valence-corrected chi connectivity index (χ3v) is 6.06. The van der Waals surface area contributed by atoms with Crippen LogP contribution in [0.5, 0.6) is 0 Å². The molecule has 0 bridgehead atoms. The molecule has 3 rings (SSSR count). The largest absolute Gasteiger partial charge is 0.332 e. The van der Waals surface area contributed by atoms with Crippen LogP contribution in [-0.2, 0) is 16.0 Å². The van der Waals surface area contributed by atoms with Gasteiger partial charge in [-0.1, -0.05) is 37.3 Å². The van der Waals surface area contributed by atoms with E-state index in [0.717, 1.165) is 18.4 Å². The number of nitrogens with zero attached hydrogens (tertiary/aromatic N) is 2. The predicted octanol–water partition coefficient (Wildman–Crippen LogP) is 4.09. The molecule has 27 heavy (non-hydrogen) atoms. The summed E-state index contributed by atoms with van der Waals surface area (Å²) >= 11 is 7.74. The van der Waals surface area contributed by atoms with E-state index in [-0.39, 0.29) is 24.4 Å². The van der Waals surface area contributed by atoms with E-state index in [1.54, 1.807) is 23.2 Å². The van der Waals surface area contributed by atoms with Crippen molar-refractivity contribution in [3.63, 3.8) is 0 Å². The Morgan fingerprint density at radius 2 is 2.04 bits per heavy atom. The maximum absolute atomic E-state index is 13.2. The SMILES string of the molecule is CCCN(CC(=O)N1CCc2sccc2[C@@H]1c1ccccc1)C(=O)[C@H](C)Cl. The molecule has 2 amide bonds. The van der Waals surface area contributed by atoms with Crippen molar-refractivity contribution in [1.82, 2.24) is 9.80 Å². The Kier molecular flexibility index (Phi) is 6.55. The summed E-state index contributed by atoms with van der Waals surface area (Å²) in [6, 6.07) is 12.1. The minimum atomic E-state index is -0.626. The quantitative estimate of drug-likeness (QED) is 0.680. The van der Waals surface area contributed by atoms with Crippen LogP contribution in [0.25, 0.3) is 0 Å². The molecule has 0 spiro atoms. The van der Waals surface area contributed by atoms with E-state index in [9.17, 15) is 9.59 Å². The Hall–Kier alpha value is -1.85. The van der Waals surface area contributed by atoms with Gasteiger partial charge in [0.05, 0.1) is 12.6 Å². The van der Waals surface area contributed by atoms with Gasteiger partial charge in [-0.2, -0.15) is 0 Å². The Bertz CT molecular complexity index is 790. The van der Waals surface area contributed by atoms with Crippen molar-refractivity contribution in [1.29, 1.82) is 0 Å². The first kappa shape index (κ1) is 19.9. The summed E-state index contributed by atoms with van der Waals surface area (Å²) in [5, 5.41) is 1.47. The highest BCUT2D eigenvalue weighted by molar-refractivity contribution is 7.10. The summed E-state index contributed by atoms with van der Waals surface area (Å²) in [6.45, 7) is 4.93. The number of rotatable bonds is 6. The molecule has 0 aliphatic carbocycles. The topological polar surface area (TPSA) is 40.6 Å². The second-order valence-corrected chi connectivity index (χ2v) is 8.48. The number of amides is 2. The molecular weight excluding hydrogens is 380 g/mol. The third kappa shape index (κ3) is 4.36. The van der Waals surface area contributed by atoms with E-state index in [2.05, 4.69) is 23.6 Å². The van der Waals surface area contributed by atoms with Gasteiger partial charge in [0.15, 0.2) is 0 Å².